The van der Waals surface area contributed by atoms with E-state index in [0.717, 1.165) is 16.7 Å². The number of rotatable bonds is 3. The maximum Gasteiger partial charge on any atom is 0.193 e. The van der Waals surface area contributed by atoms with E-state index in [-0.39, 0.29) is 5.78 Å². The molecule has 0 aliphatic rings. The molecule has 0 saturated heterocycles. The topological polar surface area (TPSA) is 17.1 Å². The van der Waals surface area contributed by atoms with Crippen molar-refractivity contribution >= 4 is 5.78 Å². The van der Waals surface area contributed by atoms with Gasteiger partial charge in [-0.3, -0.25) is 4.79 Å². The van der Waals surface area contributed by atoms with E-state index >= 15 is 0 Å². The maximum absolute atomic E-state index is 12.3. The summed E-state index contributed by atoms with van der Waals surface area (Å²) < 4.78 is 0. The lowest BCUT2D eigenvalue weighted by atomic mass is 9.99. The molecule has 0 N–H and O–H groups in total. The fourth-order valence-corrected chi connectivity index (χ4v) is 2.32. The molecule has 3 aromatic rings. The summed E-state index contributed by atoms with van der Waals surface area (Å²) in [6.07, 6.45) is 0. The van der Waals surface area contributed by atoms with Gasteiger partial charge in [-0.1, -0.05) is 84.4 Å². The van der Waals surface area contributed by atoms with Crippen LogP contribution in [0.2, 0.25) is 0 Å². The highest BCUT2D eigenvalue weighted by Crippen LogP contribution is 2.21. The van der Waals surface area contributed by atoms with Crippen molar-refractivity contribution in [1.29, 1.82) is 0 Å². The molecule has 0 aliphatic carbocycles. The summed E-state index contributed by atoms with van der Waals surface area (Å²) in [4.78, 5) is 12.3. The maximum atomic E-state index is 12.3. The summed E-state index contributed by atoms with van der Waals surface area (Å²) in [5.41, 5.74) is 4.98. The lowest BCUT2D eigenvalue weighted by Gasteiger charge is -2.05. The van der Waals surface area contributed by atoms with Gasteiger partial charge in [-0.25, -0.2) is 0 Å². The van der Waals surface area contributed by atoms with Crippen molar-refractivity contribution in [1.82, 2.24) is 0 Å². The summed E-state index contributed by atoms with van der Waals surface area (Å²) in [6.45, 7) is 2.07. The molecule has 0 spiro atoms. The Hall–Kier alpha value is -2.67. The second kappa shape index (κ2) is 5.76. The highest BCUT2D eigenvalue weighted by Gasteiger charge is 2.08. The third kappa shape index (κ3) is 2.92. The van der Waals surface area contributed by atoms with Gasteiger partial charge in [0.2, 0.25) is 0 Å². The Morgan fingerprint density at radius 2 is 1.10 bits per heavy atom. The van der Waals surface area contributed by atoms with Gasteiger partial charge in [0.1, 0.15) is 0 Å². The van der Waals surface area contributed by atoms with Crippen LogP contribution in [0, 0.1) is 6.92 Å². The zero-order valence-corrected chi connectivity index (χ0v) is 11.9. The molecule has 3 rings (SSSR count). The number of carbonyl (C=O) groups excluding carboxylic acids is 1. The molecule has 0 unspecified atom stereocenters. The molecule has 0 heterocycles. The molecule has 0 bridgehead atoms. The summed E-state index contributed by atoms with van der Waals surface area (Å²) >= 11 is 0. The third-order valence-corrected chi connectivity index (χ3v) is 3.57. The number of aryl methyl sites for hydroxylation is 1. The first kappa shape index (κ1) is 13.3. The normalized spacial score (nSPS) is 10.3. The Kier molecular flexibility index (Phi) is 3.65. The van der Waals surface area contributed by atoms with Gasteiger partial charge in [-0.05, 0) is 18.1 Å². The van der Waals surface area contributed by atoms with E-state index in [1.54, 1.807) is 0 Å². The minimum atomic E-state index is 0.0612. The fraction of sp³-hybridized carbons (Fsp3) is 0.0500. The highest BCUT2D eigenvalue weighted by molar-refractivity contribution is 6.09. The molecule has 0 fully saturated rings. The van der Waals surface area contributed by atoms with E-state index in [2.05, 4.69) is 31.2 Å². The average Bonchev–Trinajstić information content (AvgIpc) is 2.56. The van der Waals surface area contributed by atoms with Crippen molar-refractivity contribution in [3.63, 3.8) is 0 Å². The molecule has 1 heteroatoms. The zero-order valence-electron chi connectivity index (χ0n) is 11.9. The average molecular weight is 272 g/mol. The van der Waals surface area contributed by atoms with E-state index in [9.17, 15) is 4.79 Å². The molecular formula is C20H16O. The second-order valence-corrected chi connectivity index (χ2v) is 5.14. The second-order valence-electron chi connectivity index (χ2n) is 5.14. The SMILES string of the molecule is Cc1ccc(-c2ccc(C(=O)c3ccccc3)cc2)cc1. The van der Waals surface area contributed by atoms with E-state index in [0.29, 0.717) is 0 Å². The quantitative estimate of drug-likeness (QED) is 0.620. The Labute approximate surface area is 124 Å². The molecule has 3 aromatic carbocycles. The number of hydrogen-bond donors (Lipinski definition) is 0. The monoisotopic (exact) mass is 272 g/mol. The largest absolute Gasteiger partial charge is 0.289 e. The van der Waals surface area contributed by atoms with Crippen LogP contribution < -0.4 is 0 Å². The van der Waals surface area contributed by atoms with Crippen molar-refractivity contribution in [3.05, 3.63) is 95.6 Å². The molecule has 0 amide bonds. The highest BCUT2D eigenvalue weighted by atomic mass is 16.1. The van der Waals surface area contributed by atoms with Crippen LogP contribution in [0.3, 0.4) is 0 Å². The number of hydrogen-bond acceptors (Lipinski definition) is 1. The molecule has 0 saturated carbocycles. The van der Waals surface area contributed by atoms with Gasteiger partial charge >= 0.3 is 0 Å². The number of ketones is 1. The van der Waals surface area contributed by atoms with E-state index < -0.39 is 0 Å². The molecule has 21 heavy (non-hydrogen) atoms. The minimum Gasteiger partial charge on any atom is -0.289 e. The first-order valence-electron chi connectivity index (χ1n) is 7.01. The molecule has 0 radical (unpaired) electrons. The molecule has 0 atom stereocenters. The Bertz CT molecular complexity index is 738. The summed E-state index contributed by atoms with van der Waals surface area (Å²) in [5, 5.41) is 0. The number of carbonyl (C=O) groups is 1. The van der Waals surface area contributed by atoms with Gasteiger partial charge < -0.3 is 0 Å². The van der Waals surface area contributed by atoms with Gasteiger partial charge in [0.15, 0.2) is 5.78 Å². The third-order valence-electron chi connectivity index (χ3n) is 3.57. The van der Waals surface area contributed by atoms with Gasteiger partial charge in [-0.2, -0.15) is 0 Å². The lowest BCUT2D eigenvalue weighted by molar-refractivity contribution is 0.103. The first-order valence-corrected chi connectivity index (χ1v) is 7.01. The van der Waals surface area contributed by atoms with Crippen molar-refractivity contribution in [2.45, 2.75) is 6.92 Å². The van der Waals surface area contributed by atoms with Crippen molar-refractivity contribution in [2.24, 2.45) is 0 Å². The summed E-state index contributed by atoms with van der Waals surface area (Å²) in [5.74, 6) is 0.0612. The smallest absolute Gasteiger partial charge is 0.193 e. The van der Waals surface area contributed by atoms with Crippen LogP contribution in [0.4, 0.5) is 0 Å². The van der Waals surface area contributed by atoms with Crippen molar-refractivity contribution in [2.75, 3.05) is 0 Å². The predicted molar refractivity (Wildman–Crippen MR) is 86.5 cm³/mol. The number of benzene rings is 3. The summed E-state index contributed by atoms with van der Waals surface area (Å²) in [6, 6.07) is 25.5. The summed E-state index contributed by atoms with van der Waals surface area (Å²) in [7, 11) is 0. The fourth-order valence-electron chi connectivity index (χ4n) is 2.32. The Morgan fingerprint density at radius 3 is 1.67 bits per heavy atom. The predicted octanol–water partition coefficient (Wildman–Crippen LogP) is 4.89. The first-order chi connectivity index (χ1) is 10.2. The van der Waals surface area contributed by atoms with Gasteiger partial charge in [-0.15, -0.1) is 0 Å². The van der Waals surface area contributed by atoms with Gasteiger partial charge in [0.05, 0.1) is 0 Å². The van der Waals surface area contributed by atoms with Crippen LogP contribution in [0.25, 0.3) is 11.1 Å². The molecule has 0 aliphatic heterocycles. The Balaban J connectivity index is 1.87. The van der Waals surface area contributed by atoms with E-state index in [1.807, 2.05) is 54.6 Å². The van der Waals surface area contributed by atoms with E-state index in [4.69, 9.17) is 0 Å². The lowest BCUT2D eigenvalue weighted by Crippen LogP contribution is -2.00. The van der Waals surface area contributed by atoms with Crippen LogP contribution in [-0.4, -0.2) is 5.78 Å². The molecule has 0 aromatic heterocycles. The van der Waals surface area contributed by atoms with Gasteiger partial charge in [0, 0.05) is 11.1 Å². The molecule has 1 nitrogen and oxygen atoms in total. The zero-order chi connectivity index (χ0) is 14.7. The van der Waals surface area contributed by atoms with Gasteiger partial charge in [0.25, 0.3) is 0 Å². The van der Waals surface area contributed by atoms with Crippen LogP contribution in [0.15, 0.2) is 78.9 Å². The molecular weight excluding hydrogens is 256 g/mol. The van der Waals surface area contributed by atoms with E-state index in [1.165, 1.54) is 11.1 Å². The van der Waals surface area contributed by atoms with Crippen LogP contribution in [0.1, 0.15) is 21.5 Å². The van der Waals surface area contributed by atoms with Crippen molar-refractivity contribution < 1.29 is 4.79 Å². The van der Waals surface area contributed by atoms with Crippen LogP contribution in [-0.2, 0) is 0 Å². The standard InChI is InChI=1S/C20H16O/c1-15-7-9-16(10-8-15)17-11-13-19(14-12-17)20(21)18-5-3-2-4-6-18/h2-14H,1H3. The Morgan fingerprint density at radius 1 is 0.619 bits per heavy atom. The van der Waals surface area contributed by atoms with Crippen LogP contribution in [0.5, 0.6) is 0 Å². The minimum absolute atomic E-state index is 0.0612. The van der Waals surface area contributed by atoms with Crippen LogP contribution >= 0.6 is 0 Å². The van der Waals surface area contributed by atoms with Crippen molar-refractivity contribution in [3.8, 4) is 11.1 Å². The molecule has 102 valence electrons.